The third-order valence-corrected chi connectivity index (χ3v) is 3.25. The number of hydrogen-bond acceptors (Lipinski definition) is 4. The van der Waals surface area contributed by atoms with Crippen molar-refractivity contribution in [3.05, 3.63) is 51.5 Å². The highest BCUT2D eigenvalue weighted by Crippen LogP contribution is 2.23. The maximum absolute atomic E-state index is 13.5. The quantitative estimate of drug-likeness (QED) is 0.932. The Balaban J connectivity index is 2.09. The smallest absolute Gasteiger partial charge is 0.346 e. The van der Waals surface area contributed by atoms with Gasteiger partial charge in [-0.2, -0.15) is 5.26 Å². The van der Waals surface area contributed by atoms with Crippen LogP contribution in [0.3, 0.4) is 0 Å². The second kappa shape index (κ2) is 5.50. The van der Waals surface area contributed by atoms with Gasteiger partial charge in [0.15, 0.2) is 0 Å². The maximum atomic E-state index is 13.5. The highest BCUT2D eigenvalue weighted by atomic mass is 32.1. The average Bonchev–Trinajstić information content (AvgIpc) is 2.87. The molecule has 1 heterocycles. The largest absolute Gasteiger partial charge is 0.488 e. The first kappa shape index (κ1) is 13.1. The van der Waals surface area contributed by atoms with Crippen molar-refractivity contribution in [2.24, 2.45) is 0 Å². The molecule has 0 saturated heterocycles. The molecule has 1 aromatic heterocycles. The van der Waals surface area contributed by atoms with Gasteiger partial charge in [0.25, 0.3) is 0 Å². The van der Waals surface area contributed by atoms with Crippen molar-refractivity contribution in [1.29, 1.82) is 5.26 Å². The van der Waals surface area contributed by atoms with Crippen LogP contribution in [-0.4, -0.2) is 11.1 Å². The molecule has 4 nitrogen and oxygen atoms in total. The Kier molecular flexibility index (Phi) is 3.78. The van der Waals surface area contributed by atoms with Gasteiger partial charge in [0.05, 0.1) is 11.6 Å². The normalized spacial score (nSPS) is 9.89. The predicted octanol–water partition coefficient (Wildman–Crippen LogP) is 3.04. The van der Waals surface area contributed by atoms with Crippen molar-refractivity contribution >= 4 is 17.3 Å². The van der Waals surface area contributed by atoms with E-state index in [0.717, 1.165) is 11.3 Å². The number of ether oxygens (including phenoxy) is 1. The lowest BCUT2D eigenvalue weighted by Gasteiger charge is -2.05. The second-order valence-electron chi connectivity index (χ2n) is 3.66. The minimum atomic E-state index is -1.03. The van der Waals surface area contributed by atoms with E-state index in [0.29, 0.717) is 11.3 Å². The summed E-state index contributed by atoms with van der Waals surface area (Å²) in [5.74, 6) is -1.13. The lowest BCUT2D eigenvalue weighted by Crippen LogP contribution is -1.98. The van der Waals surface area contributed by atoms with Crippen LogP contribution in [0.2, 0.25) is 0 Å². The number of carboxylic acid groups (broad SMARTS) is 1. The number of halogens is 1. The summed E-state index contributed by atoms with van der Waals surface area (Å²) < 4.78 is 18.8. The van der Waals surface area contributed by atoms with Gasteiger partial charge >= 0.3 is 5.97 Å². The summed E-state index contributed by atoms with van der Waals surface area (Å²) in [6.07, 6.45) is 0. The summed E-state index contributed by atoms with van der Waals surface area (Å²) in [5.41, 5.74) is 0.596. The fourth-order valence-corrected chi connectivity index (χ4v) is 2.09. The topological polar surface area (TPSA) is 70.3 Å². The molecule has 1 N–H and O–H groups in total. The fraction of sp³-hybridized carbons (Fsp3) is 0.0769. The van der Waals surface area contributed by atoms with Crippen molar-refractivity contribution in [2.45, 2.75) is 6.61 Å². The fourth-order valence-electron chi connectivity index (χ4n) is 1.42. The Hall–Kier alpha value is -2.39. The van der Waals surface area contributed by atoms with Crippen molar-refractivity contribution in [3.63, 3.8) is 0 Å². The zero-order valence-corrected chi connectivity index (χ0v) is 10.4. The Morgan fingerprint density at radius 3 is 2.89 bits per heavy atom. The summed E-state index contributed by atoms with van der Waals surface area (Å²) in [6.45, 7) is -0.0584. The number of hydrogen-bond donors (Lipinski definition) is 1. The van der Waals surface area contributed by atoms with E-state index in [-0.39, 0.29) is 17.0 Å². The van der Waals surface area contributed by atoms with Gasteiger partial charge in [0, 0.05) is 17.0 Å². The van der Waals surface area contributed by atoms with Crippen LogP contribution in [0.25, 0.3) is 0 Å². The van der Waals surface area contributed by atoms with Gasteiger partial charge in [-0.3, -0.25) is 0 Å². The Morgan fingerprint density at radius 2 is 2.26 bits per heavy atom. The van der Waals surface area contributed by atoms with E-state index in [1.54, 1.807) is 0 Å². The number of thiophene rings is 1. The minimum Gasteiger partial charge on any atom is -0.488 e. The molecule has 1 aromatic carbocycles. The Bertz CT molecular complexity index is 660. The molecule has 0 saturated carbocycles. The second-order valence-corrected chi connectivity index (χ2v) is 4.57. The first-order valence-electron chi connectivity index (χ1n) is 5.23. The van der Waals surface area contributed by atoms with E-state index >= 15 is 0 Å². The minimum absolute atomic E-state index is 0.0584. The van der Waals surface area contributed by atoms with E-state index < -0.39 is 11.8 Å². The summed E-state index contributed by atoms with van der Waals surface area (Å²) in [5, 5.41) is 19.0. The Morgan fingerprint density at radius 1 is 1.47 bits per heavy atom. The van der Waals surface area contributed by atoms with Crippen LogP contribution >= 0.6 is 11.3 Å². The van der Waals surface area contributed by atoms with Gasteiger partial charge in [0.1, 0.15) is 23.1 Å². The van der Waals surface area contributed by atoms with Gasteiger partial charge in [-0.15, -0.1) is 11.3 Å². The number of carbonyl (C=O) groups is 1. The molecule has 2 rings (SSSR count). The maximum Gasteiger partial charge on any atom is 0.346 e. The molecular weight excluding hydrogens is 269 g/mol. The van der Waals surface area contributed by atoms with Crippen LogP contribution in [-0.2, 0) is 6.61 Å². The third kappa shape index (κ3) is 3.09. The standard InChI is InChI=1S/C13H8FNO3S/c14-11-2-1-8(5-15)3-9(11)6-18-10-4-12(13(16)17)19-7-10/h1-4,7H,6H2,(H,16,17). The van der Waals surface area contributed by atoms with Crippen molar-refractivity contribution < 1.29 is 19.0 Å². The summed E-state index contributed by atoms with van der Waals surface area (Å²) in [6, 6.07) is 7.27. The van der Waals surface area contributed by atoms with Crippen LogP contribution in [0, 0.1) is 17.1 Å². The number of aromatic carboxylic acids is 1. The highest BCUT2D eigenvalue weighted by Gasteiger charge is 2.09. The van der Waals surface area contributed by atoms with Crippen LogP contribution < -0.4 is 4.74 Å². The summed E-state index contributed by atoms with van der Waals surface area (Å²) in [7, 11) is 0. The molecule has 0 amide bonds. The molecule has 19 heavy (non-hydrogen) atoms. The molecule has 0 fully saturated rings. The molecule has 0 unspecified atom stereocenters. The Labute approximate surface area is 112 Å². The van der Waals surface area contributed by atoms with Gasteiger partial charge in [0.2, 0.25) is 0 Å². The zero-order valence-electron chi connectivity index (χ0n) is 9.59. The molecule has 0 aliphatic rings. The molecular formula is C13H8FNO3S. The number of nitriles is 1. The number of nitrogens with zero attached hydrogens (tertiary/aromatic N) is 1. The van der Waals surface area contributed by atoms with E-state index in [2.05, 4.69) is 0 Å². The first-order valence-corrected chi connectivity index (χ1v) is 6.11. The first-order chi connectivity index (χ1) is 9.10. The monoisotopic (exact) mass is 277 g/mol. The third-order valence-electron chi connectivity index (χ3n) is 2.36. The van der Waals surface area contributed by atoms with Crippen molar-refractivity contribution in [2.75, 3.05) is 0 Å². The SMILES string of the molecule is N#Cc1ccc(F)c(COc2csc(C(=O)O)c2)c1. The van der Waals surface area contributed by atoms with Gasteiger partial charge in [-0.25, -0.2) is 9.18 Å². The molecule has 0 atom stereocenters. The number of benzene rings is 1. The summed E-state index contributed by atoms with van der Waals surface area (Å²) >= 11 is 1.03. The van der Waals surface area contributed by atoms with E-state index in [9.17, 15) is 9.18 Å². The number of carboxylic acids is 1. The molecule has 0 aliphatic carbocycles. The van der Waals surface area contributed by atoms with E-state index in [1.807, 2.05) is 6.07 Å². The molecule has 0 bridgehead atoms. The predicted molar refractivity (Wildman–Crippen MR) is 66.7 cm³/mol. The molecule has 0 aliphatic heterocycles. The van der Waals surface area contributed by atoms with E-state index in [1.165, 1.54) is 29.6 Å². The van der Waals surface area contributed by atoms with Gasteiger partial charge in [-0.1, -0.05) is 0 Å². The van der Waals surface area contributed by atoms with Crippen molar-refractivity contribution in [3.8, 4) is 11.8 Å². The van der Waals surface area contributed by atoms with Gasteiger partial charge < -0.3 is 9.84 Å². The molecule has 2 aromatic rings. The molecule has 6 heteroatoms. The van der Waals surface area contributed by atoms with Crippen LogP contribution in [0.15, 0.2) is 29.6 Å². The highest BCUT2D eigenvalue weighted by molar-refractivity contribution is 7.12. The van der Waals surface area contributed by atoms with Crippen LogP contribution in [0.5, 0.6) is 5.75 Å². The van der Waals surface area contributed by atoms with Crippen molar-refractivity contribution in [1.82, 2.24) is 0 Å². The van der Waals surface area contributed by atoms with E-state index in [4.69, 9.17) is 15.1 Å². The lowest BCUT2D eigenvalue weighted by molar-refractivity contribution is 0.0702. The van der Waals surface area contributed by atoms with Crippen LogP contribution in [0.1, 0.15) is 20.8 Å². The number of rotatable bonds is 4. The molecule has 96 valence electrons. The summed E-state index contributed by atoms with van der Waals surface area (Å²) in [4.78, 5) is 10.8. The average molecular weight is 277 g/mol. The zero-order chi connectivity index (χ0) is 13.8. The molecule has 0 spiro atoms. The lowest BCUT2D eigenvalue weighted by atomic mass is 10.1. The van der Waals surface area contributed by atoms with Crippen LogP contribution in [0.4, 0.5) is 4.39 Å². The van der Waals surface area contributed by atoms with Gasteiger partial charge in [-0.05, 0) is 18.2 Å². The molecule has 0 radical (unpaired) electrons.